The van der Waals surface area contributed by atoms with Crippen LogP contribution in [0.15, 0.2) is 15.0 Å². The fourth-order valence-corrected chi connectivity index (χ4v) is 1.99. The molecule has 0 amide bonds. The first-order valence-corrected chi connectivity index (χ1v) is 5.21. The predicted molar refractivity (Wildman–Crippen MR) is 59.1 cm³/mol. The minimum atomic E-state index is 0.283. The maximum absolute atomic E-state index is 5.98. The average Bonchev–Trinajstić information content (AvgIpc) is 2.42. The monoisotopic (exact) mass is 297 g/mol. The summed E-state index contributed by atoms with van der Waals surface area (Å²) in [6.07, 6.45) is 0. The molecule has 68 valence electrons. The molecular weight excluding hydrogens is 297 g/mol. The smallest absolute Gasteiger partial charge is 0.266 e. The maximum atomic E-state index is 5.98. The van der Waals surface area contributed by atoms with Crippen molar-refractivity contribution >= 4 is 62.4 Å². The highest BCUT2D eigenvalue weighted by atomic mass is 79.9. The molecule has 2 aromatic rings. The van der Waals surface area contributed by atoms with E-state index in [1.165, 1.54) is 0 Å². The topological polar surface area (TPSA) is 28.9 Å². The van der Waals surface area contributed by atoms with Gasteiger partial charge in [-0.15, -0.1) is 0 Å². The summed E-state index contributed by atoms with van der Waals surface area (Å²) in [6.45, 7) is 0. The normalized spacial score (nSPS) is 11.0. The standard InChI is InChI=1S/C7H2BrCl2NOS/c8-4-2(9)1-3-6(5(4)10)11-7(13)12-3/h1H,(H,11,13). The molecule has 1 heterocycles. The van der Waals surface area contributed by atoms with Crippen LogP contribution in [0.2, 0.25) is 10.0 Å². The molecule has 0 aliphatic carbocycles. The van der Waals surface area contributed by atoms with Crippen LogP contribution in [-0.2, 0) is 0 Å². The minimum Gasteiger partial charge on any atom is -0.429 e. The van der Waals surface area contributed by atoms with Crippen LogP contribution in [0.5, 0.6) is 0 Å². The van der Waals surface area contributed by atoms with Gasteiger partial charge in [-0.2, -0.15) is 0 Å². The molecule has 6 heteroatoms. The summed E-state index contributed by atoms with van der Waals surface area (Å²) in [4.78, 5) is 3.11. The minimum absolute atomic E-state index is 0.283. The van der Waals surface area contributed by atoms with E-state index in [-0.39, 0.29) is 4.84 Å². The van der Waals surface area contributed by atoms with Crippen molar-refractivity contribution in [2.24, 2.45) is 0 Å². The van der Waals surface area contributed by atoms with Crippen molar-refractivity contribution < 1.29 is 4.42 Å². The molecule has 0 fully saturated rings. The van der Waals surface area contributed by atoms with Crippen LogP contribution in [0.25, 0.3) is 11.1 Å². The highest BCUT2D eigenvalue weighted by molar-refractivity contribution is 9.10. The number of nitrogens with one attached hydrogen (secondary N) is 1. The fraction of sp³-hybridized carbons (Fsp3) is 0. The van der Waals surface area contributed by atoms with Crippen molar-refractivity contribution in [3.05, 3.63) is 25.4 Å². The maximum Gasteiger partial charge on any atom is 0.266 e. The quantitative estimate of drug-likeness (QED) is 0.570. The molecule has 0 atom stereocenters. The SMILES string of the molecule is S=c1[nH]c2c(Cl)c(Br)c(Cl)cc2o1. The molecule has 0 aliphatic heterocycles. The largest absolute Gasteiger partial charge is 0.429 e. The molecule has 0 saturated carbocycles. The summed E-state index contributed by atoms with van der Waals surface area (Å²) < 4.78 is 5.79. The number of hydrogen-bond acceptors (Lipinski definition) is 2. The Morgan fingerprint density at radius 3 is 2.85 bits per heavy atom. The fourth-order valence-electron chi connectivity index (χ4n) is 0.998. The van der Waals surface area contributed by atoms with Gasteiger partial charge in [0.25, 0.3) is 4.84 Å². The Bertz CT molecular complexity index is 533. The highest BCUT2D eigenvalue weighted by Crippen LogP contribution is 2.36. The van der Waals surface area contributed by atoms with Gasteiger partial charge in [0.05, 0.1) is 14.5 Å². The van der Waals surface area contributed by atoms with Crippen LogP contribution >= 0.6 is 51.3 Å². The van der Waals surface area contributed by atoms with Gasteiger partial charge in [0.2, 0.25) is 0 Å². The Morgan fingerprint density at radius 2 is 2.15 bits per heavy atom. The van der Waals surface area contributed by atoms with Crippen LogP contribution in [0.1, 0.15) is 0 Å². The van der Waals surface area contributed by atoms with Gasteiger partial charge in [-0.1, -0.05) is 23.2 Å². The number of rotatable bonds is 0. The third-order valence-corrected chi connectivity index (χ3v) is 3.70. The van der Waals surface area contributed by atoms with Crippen molar-refractivity contribution in [3.63, 3.8) is 0 Å². The second-order valence-electron chi connectivity index (χ2n) is 2.37. The molecule has 1 aromatic heterocycles. The van der Waals surface area contributed by atoms with E-state index in [4.69, 9.17) is 39.8 Å². The molecule has 13 heavy (non-hydrogen) atoms. The van der Waals surface area contributed by atoms with Gasteiger partial charge in [-0.05, 0) is 28.1 Å². The first-order valence-electron chi connectivity index (χ1n) is 3.26. The van der Waals surface area contributed by atoms with Crippen LogP contribution in [0.3, 0.4) is 0 Å². The number of hydrogen-bond donors (Lipinski definition) is 1. The number of oxazole rings is 1. The zero-order chi connectivity index (χ0) is 9.59. The van der Waals surface area contributed by atoms with Crippen molar-refractivity contribution in [1.82, 2.24) is 4.98 Å². The van der Waals surface area contributed by atoms with E-state index in [0.29, 0.717) is 25.6 Å². The second-order valence-corrected chi connectivity index (χ2v) is 4.32. The van der Waals surface area contributed by atoms with Crippen molar-refractivity contribution in [2.75, 3.05) is 0 Å². The Morgan fingerprint density at radius 1 is 1.46 bits per heavy atom. The average molecular weight is 299 g/mol. The van der Waals surface area contributed by atoms with Crippen molar-refractivity contribution in [2.45, 2.75) is 0 Å². The van der Waals surface area contributed by atoms with E-state index in [1.807, 2.05) is 0 Å². The first kappa shape index (κ1) is 9.52. The zero-order valence-corrected chi connectivity index (χ0v) is 9.94. The lowest BCUT2D eigenvalue weighted by Gasteiger charge is -1.98. The van der Waals surface area contributed by atoms with Crippen molar-refractivity contribution in [1.29, 1.82) is 0 Å². The molecule has 0 radical (unpaired) electrons. The predicted octanol–water partition coefficient (Wildman–Crippen LogP) is 4.56. The number of H-pyrrole nitrogens is 1. The zero-order valence-electron chi connectivity index (χ0n) is 6.03. The van der Waals surface area contributed by atoms with Crippen LogP contribution in [0.4, 0.5) is 0 Å². The number of halogens is 3. The molecule has 0 unspecified atom stereocenters. The van der Waals surface area contributed by atoms with Gasteiger partial charge in [0.15, 0.2) is 5.58 Å². The number of aromatic nitrogens is 1. The summed E-state index contributed by atoms with van der Waals surface area (Å²) >= 11 is 19.9. The Labute approximate surface area is 97.0 Å². The summed E-state index contributed by atoms with van der Waals surface area (Å²) in [7, 11) is 0. The Hall–Kier alpha value is -0.0300. The van der Waals surface area contributed by atoms with Crippen LogP contribution < -0.4 is 0 Å². The van der Waals surface area contributed by atoms with Crippen molar-refractivity contribution in [3.8, 4) is 0 Å². The van der Waals surface area contributed by atoms with Gasteiger partial charge < -0.3 is 9.40 Å². The summed E-state index contributed by atoms with van der Waals surface area (Å²) in [5, 5.41) is 0.970. The lowest BCUT2D eigenvalue weighted by molar-refractivity contribution is 0.583. The van der Waals surface area contributed by atoms with Gasteiger partial charge in [0, 0.05) is 6.07 Å². The van der Waals surface area contributed by atoms with Crippen LogP contribution in [-0.4, -0.2) is 4.98 Å². The van der Waals surface area contributed by atoms with E-state index < -0.39 is 0 Å². The van der Waals surface area contributed by atoms with E-state index >= 15 is 0 Å². The lowest BCUT2D eigenvalue weighted by Crippen LogP contribution is -1.75. The molecular formula is C7H2BrCl2NOS. The summed E-state index contributed by atoms with van der Waals surface area (Å²) in [5.74, 6) is 0. The molecule has 2 nitrogen and oxygen atoms in total. The molecule has 0 aliphatic rings. The highest BCUT2D eigenvalue weighted by Gasteiger charge is 2.11. The Kier molecular flexibility index (Phi) is 2.40. The third-order valence-electron chi connectivity index (χ3n) is 1.56. The molecule has 1 N–H and O–H groups in total. The number of aromatic amines is 1. The summed E-state index contributed by atoms with van der Waals surface area (Å²) in [6, 6.07) is 1.65. The van der Waals surface area contributed by atoms with Gasteiger partial charge in [0.1, 0.15) is 5.52 Å². The van der Waals surface area contributed by atoms with E-state index in [9.17, 15) is 0 Å². The molecule has 2 rings (SSSR count). The van der Waals surface area contributed by atoms with E-state index in [2.05, 4.69) is 20.9 Å². The van der Waals surface area contributed by atoms with Crippen LogP contribution in [0, 0.1) is 4.84 Å². The van der Waals surface area contributed by atoms with Gasteiger partial charge in [-0.25, -0.2) is 0 Å². The number of benzene rings is 1. The number of fused-ring (bicyclic) bond motifs is 1. The molecule has 0 saturated heterocycles. The van der Waals surface area contributed by atoms with E-state index in [1.54, 1.807) is 6.07 Å². The second kappa shape index (κ2) is 3.28. The lowest BCUT2D eigenvalue weighted by atomic mass is 10.3. The van der Waals surface area contributed by atoms with E-state index in [0.717, 1.165) is 0 Å². The third kappa shape index (κ3) is 1.52. The van der Waals surface area contributed by atoms with Gasteiger partial charge >= 0.3 is 0 Å². The Balaban J connectivity index is 3.00. The molecule has 0 spiro atoms. The van der Waals surface area contributed by atoms with Gasteiger partial charge in [-0.3, -0.25) is 0 Å². The summed E-state index contributed by atoms with van der Waals surface area (Å²) in [5.41, 5.74) is 1.21. The molecule has 1 aromatic carbocycles. The first-order chi connectivity index (χ1) is 6.09. The molecule has 0 bridgehead atoms.